The monoisotopic (exact) mass is 297 g/mol. The van der Waals surface area contributed by atoms with Gasteiger partial charge in [0.05, 0.1) is 5.69 Å². The third-order valence-electron chi connectivity index (χ3n) is 2.98. The van der Waals surface area contributed by atoms with E-state index in [1.807, 2.05) is 56.3 Å². The second-order valence-electron chi connectivity index (χ2n) is 4.93. The maximum atomic E-state index is 12.4. The lowest BCUT2D eigenvalue weighted by molar-refractivity contribution is 0.102. The van der Waals surface area contributed by atoms with Crippen molar-refractivity contribution in [3.63, 3.8) is 0 Å². The SMILES string of the molecule is C=CCSc1ccccc1NC(=O)c1cc(C)cc(C)c1. The fourth-order valence-corrected chi connectivity index (χ4v) is 2.89. The van der Waals surface area contributed by atoms with Crippen molar-refractivity contribution in [1.29, 1.82) is 0 Å². The quantitative estimate of drug-likeness (QED) is 0.632. The van der Waals surface area contributed by atoms with Gasteiger partial charge in [0.15, 0.2) is 0 Å². The summed E-state index contributed by atoms with van der Waals surface area (Å²) in [6.45, 7) is 7.72. The summed E-state index contributed by atoms with van der Waals surface area (Å²) < 4.78 is 0. The molecule has 0 radical (unpaired) electrons. The molecule has 2 nitrogen and oxygen atoms in total. The van der Waals surface area contributed by atoms with Gasteiger partial charge in [0.1, 0.15) is 0 Å². The highest BCUT2D eigenvalue weighted by atomic mass is 32.2. The number of hydrogen-bond acceptors (Lipinski definition) is 2. The van der Waals surface area contributed by atoms with Crippen LogP contribution in [0.25, 0.3) is 0 Å². The van der Waals surface area contributed by atoms with Crippen molar-refractivity contribution in [2.24, 2.45) is 0 Å². The third kappa shape index (κ3) is 4.23. The minimum atomic E-state index is -0.0755. The van der Waals surface area contributed by atoms with E-state index in [1.54, 1.807) is 11.8 Å². The first-order valence-corrected chi connectivity index (χ1v) is 7.81. The Morgan fingerprint density at radius 2 is 1.86 bits per heavy atom. The molecule has 0 unspecified atom stereocenters. The van der Waals surface area contributed by atoms with E-state index < -0.39 is 0 Å². The maximum Gasteiger partial charge on any atom is 0.255 e. The topological polar surface area (TPSA) is 29.1 Å². The second kappa shape index (κ2) is 7.14. The largest absolute Gasteiger partial charge is 0.321 e. The van der Waals surface area contributed by atoms with Crippen molar-refractivity contribution in [3.8, 4) is 0 Å². The van der Waals surface area contributed by atoms with Crippen molar-refractivity contribution >= 4 is 23.4 Å². The molecule has 1 N–H and O–H groups in total. The fraction of sp³-hybridized carbons (Fsp3) is 0.167. The summed E-state index contributed by atoms with van der Waals surface area (Å²) in [6, 6.07) is 13.7. The normalized spacial score (nSPS) is 10.2. The van der Waals surface area contributed by atoms with Crippen molar-refractivity contribution < 1.29 is 4.79 Å². The highest BCUT2D eigenvalue weighted by molar-refractivity contribution is 7.99. The van der Waals surface area contributed by atoms with Gasteiger partial charge in [0, 0.05) is 16.2 Å². The molecule has 0 aliphatic rings. The van der Waals surface area contributed by atoms with Crippen molar-refractivity contribution in [3.05, 3.63) is 71.8 Å². The first-order chi connectivity index (χ1) is 10.1. The minimum absolute atomic E-state index is 0.0755. The van der Waals surface area contributed by atoms with Crippen LogP contribution in [0.4, 0.5) is 5.69 Å². The van der Waals surface area contributed by atoms with Gasteiger partial charge in [-0.15, -0.1) is 18.3 Å². The summed E-state index contributed by atoms with van der Waals surface area (Å²) in [5.74, 6) is 0.740. The summed E-state index contributed by atoms with van der Waals surface area (Å²) in [7, 11) is 0. The minimum Gasteiger partial charge on any atom is -0.321 e. The molecule has 2 aromatic carbocycles. The molecule has 0 bridgehead atoms. The number of thioether (sulfide) groups is 1. The number of benzene rings is 2. The summed E-state index contributed by atoms with van der Waals surface area (Å²) in [4.78, 5) is 13.5. The van der Waals surface area contributed by atoms with E-state index in [0.717, 1.165) is 27.5 Å². The molecule has 0 atom stereocenters. The molecule has 0 saturated carbocycles. The van der Waals surface area contributed by atoms with Crippen LogP contribution >= 0.6 is 11.8 Å². The molecular formula is C18H19NOS. The van der Waals surface area contributed by atoms with Crippen LogP contribution in [0, 0.1) is 13.8 Å². The van der Waals surface area contributed by atoms with Crippen molar-refractivity contribution in [2.75, 3.05) is 11.1 Å². The Hall–Kier alpha value is -2.00. The molecule has 1 amide bonds. The average Bonchev–Trinajstić information content (AvgIpc) is 2.45. The highest BCUT2D eigenvalue weighted by Crippen LogP contribution is 2.27. The molecule has 0 aromatic heterocycles. The van der Waals surface area contributed by atoms with E-state index in [1.165, 1.54) is 0 Å². The van der Waals surface area contributed by atoms with Crippen LogP contribution in [0.5, 0.6) is 0 Å². The van der Waals surface area contributed by atoms with Gasteiger partial charge in [0.2, 0.25) is 0 Å². The van der Waals surface area contributed by atoms with Gasteiger partial charge in [-0.05, 0) is 38.1 Å². The van der Waals surface area contributed by atoms with Crippen molar-refractivity contribution in [1.82, 2.24) is 0 Å². The Labute approximate surface area is 130 Å². The number of hydrogen-bond donors (Lipinski definition) is 1. The van der Waals surface area contributed by atoms with E-state index in [0.29, 0.717) is 5.56 Å². The lowest BCUT2D eigenvalue weighted by atomic mass is 10.1. The van der Waals surface area contributed by atoms with Crippen LogP contribution in [0.2, 0.25) is 0 Å². The Morgan fingerprint density at radius 3 is 2.52 bits per heavy atom. The molecule has 0 aliphatic carbocycles. The van der Waals surface area contributed by atoms with E-state index in [2.05, 4.69) is 18.0 Å². The number of rotatable bonds is 5. The molecule has 108 valence electrons. The first-order valence-electron chi connectivity index (χ1n) is 6.82. The zero-order valence-corrected chi connectivity index (χ0v) is 13.2. The Balaban J connectivity index is 2.21. The summed E-state index contributed by atoms with van der Waals surface area (Å²) in [5, 5.41) is 3.00. The molecule has 2 rings (SSSR count). The lowest BCUT2D eigenvalue weighted by Gasteiger charge is -2.11. The van der Waals surface area contributed by atoms with Gasteiger partial charge in [-0.1, -0.05) is 35.4 Å². The van der Waals surface area contributed by atoms with Crippen LogP contribution in [-0.4, -0.2) is 11.7 Å². The molecule has 0 spiro atoms. The number of para-hydroxylation sites is 1. The number of carbonyl (C=O) groups excluding carboxylic acids is 1. The Bertz CT molecular complexity index is 644. The number of anilines is 1. The lowest BCUT2D eigenvalue weighted by Crippen LogP contribution is -2.13. The van der Waals surface area contributed by atoms with E-state index in [9.17, 15) is 4.79 Å². The Kier molecular flexibility index (Phi) is 5.23. The summed E-state index contributed by atoms with van der Waals surface area (Å²) in [5.41, 5.74) is 3.72. The van der Waals surface area contributed by atoms with Gasteiger partial charge in [-0.3, -0.25) is 4.79 Å². The van der Waals surface area contributed by atoms with Crippen LogP contribution in [0.1, 0.15) is 21.5 Å². The Morgan fingerprint density at radius 1 is 1.19 bits per heavy atom. The number of nitrogens with one attached hydrogen (secondary N) is 1. The smallest absolute Gasteiger partial charge is 0.255 e. The molecule has 0 heterocycles. The summed E-state index contributed by atoms with van der Waals surface area (Å²) in [6.07, 6.45) is 1.85. The third-order valence-corrected chi connectivity index (χ3v) is 4.05. The molecular weight excluding hydrogens is 278 g/mol. The molecule has 2 aromatic rings. The van der Waals surface area contributed by atoms with Gasteiger partial charge >= 0.3 is 0 Å². The van der Waals surface area contributed by atoms with Gasteiger partial charge < -0.3 is 5.32 Å². The van der Waals surface area contributed by atoms with E-state index >= 15 is 0 Å². The maximum absolute atomic E-state index is 12.4. The first kappa shape index (κ1) is 15.4. The molecule has 0 aliphatic heterocycles. The zero-order valence-electron chi connectivity index (χ0n) is 12.3. The zero-order chi connectivity index (χ0) is 15.2. The van der Waals surface area contributed by atoms with Gasteiger partial charge in [-0.2, -0.15) is 0 Å². The van der Waals surface area contributed by atoms with Crippen LogP contribution in [-0.2, 0) is 0 Å². The molecule has 0 saturated heterocycles. The fourth-order valence-electron chi connectivity index (χ4n) is 2.14. The molecule has 0 fully saturated rings. The predicted molar refractivity (Wildman–Crippen MR) is 91.2 cm³/mol. The van der Waals surface area contributed by atoms with Crippen LogP contribution in [0.15, 0.2) is 60.0 Å². The number of aryl methyl sites for hydroxylation is 2. The summed E-state index contributed by atoms with van der Waals surface area (Å²) >= 11 is 1.66. The molecule has 21 heavy (non-hydrogen) atoms. The van der Waals surface area contributed by atoms with Crippen LogP contribution < -0.4 is 5.32 Å². The van der Waals surface area contributed by atoms with E-state index in [-0.39, 0.29) is 5.91 Å². The number of carbonyl (C=O) groups is 1. The highest BCUT2D eigenvalue weighted by Gasteiger charge is 2.09. The van der Waals surface area contributed by atoms with Gasteiger partial charge in [-0.25, -0.2) is 0 Å². The average molecular weight is 297 g/mol. The van der Waals surface area contributed by atoms with E-state index in [4.69, 9.17) is 0 Å². The second-order valence-corrected chi connectivity index (χ2v) is 5.99. The van der Waals surface area contributed by atoms with Crippen LogP contribution in [0.3, 0.4) is 0 Å². The van der Waals surface area contributed by atoms with Gasteiger partial charge in [0.25, 0.3) is 5.91 Å². The standard InChI is InChI=1S/C18H19NOS/c1-4-9-21-17-8-6-5-7-16(17)19-18(20)15-11-13(2)10-14(3)12-15/h4-8,10-12H,1,9H2,2-3H3,(H,19,20). The predicted octanol–water partition coefficient (Wildman–Crippen LogP) is 4.83. The van der Waals surface area contributed by atoms with Crippen molar-refractivity contribution in [2.45, 2.75) is 18.7 Å². The number of amides is 1. The molecule has 3 heteroatoms.